The molecule has 0 aliphatic rings. The van der Waals surface area contributed by atoms with Gasteiger partial charge in [0.05, 0.1) is 12.1 Å². The van der Waals surface area contributed by atoms with Crippen LogP contribution in [0.25, 0.3) is 0 Å². The Kier molecular flexibility index (Phi) is 5.28. The first-order valence-corrected chi connectivity index (χ1v) is 5.64. The Hall–Kier alpha value is -2.58. The number of amides is 2. The number of carbonyl (C=O) groups is 3. The van der Waals surface area contributed by atoms with E-state index < -0.39 is 37.0 Å². The second-order valence-corrected chi connectivity index (χ2v) is 3.96. The van der Waals surface area contributed by atoms with Crippen molar-refractivity contribution in [3.8, 4) is 0 Å². The van der Waals surface area contributed by atoms with Crippen LogP contribution in [0.4, 0.5) is 13.2 Å². The lowest BCUT2D eigenvalue weighted by Crippen LogP contribution is -2.40. The van der Waals surface area contributed by atoms with Crippen molar-refractivity contribution in [3.05, 3.63) is 35.4 Å². The predicted molar refractivity (Wildman–Crippen MR) is 64.8 cm³/mol. The van der Waals surface area contributed by atoms with Gasteiger partial charge < -0.3 is 15.7 Å². The Morgan fingerprint density at radius 3 is 2.00 bits per heavy atom. The second-order valence-electron chi connectivity index (χ2n) is 3.96. The second kappa shape index (κ2) is 6.73. The smallest absolute Gasteiger partial charge is 0.405 e. The molecule has 1 rings (SSSR count). The van der Waals surface area contributed by atoms with Crippen LogP contribution >= 0.6 is 0 Å². The molecule has 0 heterocycles. The molecule has 0 bridgehead atoms. The molecule has 0 radical (unpaired) electrons. The molecule has 0 spiro atoms. The molecular formula is C12H11F3N2O4. The first kappa shape index (κ1) is 16.5. The van der Waals surface area contributed by atoms with E-state index in [4.69, 9.17) is 5.11 Å². The molecule has 114 valence electrons. The summed E-state index contributed by atoms with van der Waals surface area (Å²) in [5, 5.41) is 12.4. The third-order valence-corrected chi connectivity index (χ3v) is 2.29. The average molecular weight is 304 g/mol. The standard InChI is InChI=1S/C12H11F3N2O4/c13-12(14,15)6-17-9(18)5-16-10(19)7-1-3-8(4-2-7)11(20)21/h1-4H,5-6H2,(H,16,19)(H,17,18)(H,20,21). The van der Waals surface area contributed by atoms with Crippen molar-refractivity contribution in [2.45, 2.75) is 6.18 Å². The van der Waals surface area contributed by atoms with Gasteiger partial charge in [-0.2, -0.15) is 13.2 Å². The van der Waals surface area contributed by atoms with E-state index in [0.717, 1.165) is 0 Å². The molecule has 1 aromatic rings. The van der Waals surface area contributed by atoms with Gasteiger partial charge in [0.2, 0.25) is 5.91 Å². The maximum Gasteiger partial charge on any atom is 0.405 e. The van der Waals surface area contributed by atoms with Crippen molar-refractivity contribution in [3.63, 3.8) is 0 Å². The Morgan fingerprint density at radius 1 is 1.00 bits per heavy atom. The van der Waals surface area contributed by atoms with Crippen LogP contribution in [0.1, 0.15) is 20.7 Å². The fourth-order valence-electron chi connectivity index (χ4n) is 1.29. The quantitative estimate of drug-likeness (QED) is 0.749. The minimum absolute atomic E-state index is 0.0190. The topological polar surface area (TPSA) is 95.5 Å². The van der Waals surface area contributed by atoms with E-state index in [9.17, 15) is 27.6 Å². The molecular weight excluding hydrogens is 293 g/mol. The number of carboxylic acids is 1. The van der Waals surface area contributed by atoms with Gasteiger partial charge >= 0.3 is 12.1 Å². The normalized spacial score (nSPS) is 10.8. The highest BCUT2D eigenvalue weighted by atomic mass is 19.4. The molecule has 6 nitrogen and oxygen atoms in total. The number of halogens is 3. The van der Waals surface area contributed by atoms with Crippen molar-refractivity contribution < 1.29 is 32.7 Å². The molecule has 0 aliphatic carbocycles. The Bertz CT molecular complexity index is 540. The number of aromatic carboxylic acids is 1. The van der Waals surface area contributed by atoms with E-state index >= 15 is 0 Å². The van der Waals surface area contributed by atoms with Gasteiger partial charge in [-0.05, 0) is 24.3 Å². The fourth-order valence-corrected chi connectivity index (χ4v) is 1.29. The van der Waals surface area contributed by atoms with Crippen LogP contribution in [0.5, 0.6) is 0 Å². The van der Waals surface area contributed by atoms with Crippen LogP contribution in [0.3, 0.4) is 0 Å². The Morgan fingerprint density at radius 2 is 1.52 bits per heavy atom. The SMILES string of the molecule is O=C(CNC(=O)c1ccc(C(=O)O)cc1)NCC(F)(F)F. The number of hydrogen-bond acceptors (Lipinski definition) is 3. The molecule has 0 aliphatic heterocycles. The lowest BCUT2D eigenvalue weighted by Gasteiger charge is -2.09. The summed E-state index contributed by atoms with van der Waals surface area (Å²) in [7, 11) is 0. The minimum atomic E-state index is -4.52. The molecule has 0 saturated heterocycles. The van der Waals surface area contributed by atoms with E-state index in [-0.39, 0.29) is 11.1 Å². The zero-order valence-electron chi connectivity index (χ0n) is 10.5. The number of rotatable bonds is 5. The third-order valence-electron chi connectivity index (χ3n) is 2.29. The summed E-state index contributed by atoms with van der Waals surface area (Å²) < 4.78 is 35.5. The van der Waals surface area contributed by atoms with Crippen molar-refractivity contribution in [2.24, 2.45) is 0 Å². The summed E-state index contributed by atoms with van der Waals surface area (Å²) >= 11 is 0. The zero-order valence-corrected chi connectivity index (χ0v) is 10.5. The number of nitrogens with one attached hydrogen (secondary N) is 2. The number of hydrogen-bond donors (Lipinski definition) is 3. The van der Waals surface area contributed by atoms with Gasteiger partial charge in [-0.1, -0.05) is 0 Å². The summed E-state index contributed by atoms with van der Waals surface area (Å²) in [6, 6.07) is 4.85. The van der Waals surface area contributed by atoms with E-state index in [1.54, 1.807) is 5.32 Å². The summed E-state index contributed by atoms with van der Waals surface area (Å²) in [5.41, 5.74) is 0.0677. The van der Waals surface area contributed by atoms with Gasteiger partial charge in [0.25, 0.3) is 5.91 Å². The average Bonchev–Trinajstić information content (AvgIpc) is 2.41. The van der Waals surface area contributed by atoms with E-state index in [1.807, 2.05) is 0 Å². The highest BCUT2D eigenvalue weighted by molar-refractivity contribution is 5.97. The van der Waals surface area contributed by atoms with Gasteiger partial charge in [0.1, 0.15) is 6.54 Å². The molecule has 9 heteroatoms. The molecule has 2 amide bonds. The Balaban J connectivity index is 2.46. The first-order valence-electron chi connectivity index (χ1n) is 5.64. The van der Waals surface area contributed by atoms with E-state index in [0.29, 0.717) is 0 Å². The van der Waals surface area contributed by atoms with Crippen LogP contribution in [0, 0.1) is 0 Å². The lowest BCUT2D eigenvalue weighted by molar-refractivity contribution is -0.137. The number of alkyl halides is 3. The number of benzene rings is 1. The van der Waals surface area contributed by atoms with Crippen LogP contribution < -0.4 is 10.6 Å². The van der Waals surface area contributed by atoms with Crippen molar-refractivity contribution in [2.75, 3.05) is 13.1 Å². The predicted octanol–water partition coefficient (Wildman–Crippen LogP) is 0.793. The highest BCUT2D eigenvalue weighted by Gasteiger charge is 2.27. The fraction of sp³-hybridized carbons (Fsp3) is 0.250. The van der Waals surface area contributed by atoms with Crippen LogP contribution in [-0.2, 0) is 4.79 Å². The van der Waals surface area contributed by atoms with Crippen LogP contribution in [0.2, 0.25) is 0 Å². The largest absolute Gasteiger partial charge is 0.478 e. The van der Waals surface area contributed by atoms with Gasteiger partial charge in [-0.3, -0.25) is 9.59 Å². The lowest BCUT2D eigenvalue weighted by atomic mass is 10.1. The molecule has 0 fully saturated rings. The molecule has 21 heavy (non-hydrogen) atoms. The van der Waals surface area contributed by atoms with Gasteiger partial charge in [-0.15, -0.1) is 0 Å². The van der Waals surface area contributed by atoms with Crippen LogP contribution in [-0.4, -0.2) is 42.2 Å². The monoisotopic (exact) mass is 304 g/mol. The van der Waals surface area contributed by atoms with E-state index in [2.05, 4.69) is 5.32 Å². The number of carbonyl (C=O) groups excluding carboxylic acids is 2. The third kappa shape index (κ3) is 5.93. The molecule has 1 aromatic carbocycles. The Labute approximate surface area is 116 Å². The van der Waals surface area contributed by atoms with Gasteiger partial charge in [0.15, 0.2) is 0 Å². The van der Waals surface area contributed by atoms with Crippen molar-refractivity contribution >= 4 is 17.8 Å². The first-order chi connectivity index (χ1) is 9.69. The highest BCUT2D eigenvalue weighted by Crippen LogP contribution is 2.11. The summed E-state index contributed by atoms with van der Waals surface area (Å²) in [6.45, 7) is -2.09. The van der Waals surface area contributed by atoms with Gasteiger partial charge in [-0.25, -0.2) is 4.79 Å². The number of carboxylic acid groups (broad SMARTS) is 1. The zero-order chi connectivity index (χ0) is 16.0. The van der Waals surface area contributed by atoms with Gasteiger partial charge in [0, 0.05) is 5.56 Å². The molecule has 0 saturated carbocycles. The van der Waals surface area contributed by atoms with Crippen LogP contribution in [0.15, 0.2) is 24.3 Å². The van der Waals surface area contributed by atoms with E-state index in [1.165, 1.54) is 24.3 Å². The summed E-state index contributed by atoms with van der Waals surface area (Å²) in [6.07, 6.45) is -4.52. The molecule has 0 unspecified atom stereocenters. The molecule has 3 N–H and O–H groups in total. The summed E-state index contributed by atoms with van der Waals surface area (Å²) in [4.78, 5) is 33.2. The molecule has 0 atom stereocenters. The minimum Gasteiger partial charge on any atom is -0.478 e. The van der Waals surface area contributed by atoms with Crippen molar-refractivity contribution in [1.29, 1.82) is 0 Å². The van der Waals surface area contributed by atoms with Crippen molar-refractivity contribution in [1.82, 2.24) is 10.6 Å². The summed E-state index contributed by atoms with van der Waals surface area (Å²) in [5.74, 6) is -2.84. The maximum atomic E-state index is 11.8. The molecule has 0 aromatic heterocycles. The maximum absolute atomic E-state index is 11.8.